The molecule has 2 aromatic carbocycles. The second kappa shape index (κ2) is 9.39. The Morgan fingerprint density at radius 3 is 2.67 bits per heavy atom. The van der Waals surface area contributed by atoms with E-state index in [-0.39, 0.29) is 36.2 Å². The average Bonchev–Trinajstić information content (AvgIpc) is 3.11. The van der Waals surface area contributed by atoms with Gasteiger partial charge in [0.15, 0.2) is 0 Å². The van der Waals surface area contributed by atoms with Crippen LogP contribution in [-0.4, -0.2) is 47.4 Å². The molecule has 2 aromatic rings. The molecule has 0 aromatic heterocycles. The predicted octanol–water partition coefficient (Wildman–Crippen LogP) is 3.38. The molecular weight excluding hydrogens is 383 g/mol. The number of carbonyl (C=O) groups is 2. The molecule has 0 bridgehead atoms. The first kappa shape index (κ1) is 20.5. The Balaban J connectivity index is 1.38. The van der Waals surface area contributed by atoms with E-state index in [0.29, 0.717) is 32.7 Å². The normalized spacial score (nSPS) is 21.4. The molecular formula is C24H27FN2O3. The Hall–Kier alpha value is -2.73. The van der Waals surface area contributed by atoms with Crippen molar-refractivity contribution in [3.8, 4) is 0 Å². The second-order valence-electron chi connectivity index (χ2n) is 8.15. The van der Waals surface area contributed by atoms with E-state index in [1.165, 1.54) is 12.1 Å². The zero-order valence-electron chi connectivity index (χ0n) is 17.0. The van der Waals surface area contributed by atoms with Crippen LogP contribution in [-0.2, 0) is 27.5 Å². The van der Waals surface area contributed by atoms with E-state index in [4.69, 9.17) is 4.74 Å². The zero-order chi connectivity index (χ0) is 20.9. The van der Waals surface area contributed by atoms with Gasteiger partial charge in [0.05, 0.1) is 12.6 Å². The number of halogens is 1. The van der Waals surface area contributed by atoms with Gasteiger partial charge in [0, 0.05) is 26.1 Å². The highest BCUT2D eigenvalue weighted by Crippen LogP contribution is 2.31. The third-order valence-corrected chi connectivity index (χ3v) is 6.02. The van der Waals surface area contributed by atoms with Gasteiger partial charge < -0.3 is 14.5 Å². The lowest BCUT2D eigenvalue weighted by molar-refractivity contribution is -0.137. The van der Waals surface area contributed by atoms with E-state index in [9.17, 15) is 14.0 Å². The molecule has 6 heteroatoms. The van der Waals surface area contributed by atoms with Gasteiger partial charge in [-0.15, -0.1) is 0 Å². The molecule has 2 atom stereocenters. The van der Waals surface area contributed by atoms with Gasteiger partial charge >= 0.3 is 0 Å². The van der Waals surface area contributed by atoms with Crippen LogP contribution in [0.4, 0.5) is 4.39 Å². The predicted molar refractivity (Wildman–Crippen MR) is 111 cm³/mol. The molecule has 0 N–H and O–H groups in total. The molecule has 4 rings (SSSR count). The maximum atomic E-state index is 13.6. The van der Waals surface area contributed by atoms with Gasteiger partial charge in [-0.05, 0) is 42.0 Å². The van der Waals surface area contributed by atoms with E-state index in [2.05, 4.69) is 0 Å². The Labute approximate surface area is 176 Å². The highest BCUT2D eigenvalue weighted by Gasteiger charge is 2.41. The smallest absolute Gasteiger partial charge is 0.248 e. The van der Waals surface area contributed by atoms with Gasteiger partial charge in [0.2, 0.25) is 11.8 Å². The number of carbonyl (C=O) groups excluding carboxylic acids is 2. The monoisotopic (exact) mass is 410 g/mol. The van der Waals surface area contributed by atoms with Crippen LogP contribution in [0.2, 0.25) is 0 Å². The average molecular weight is 410 g/mol. The van der Waals surface area contributed by atoms with Gasteiger partial charge in [-0.2, -0.15) is 0 Å². The van der Waals surface area contributed by atoms with Gasteiger partial charge in [0.25, 0.3) is 0 Å². The summed E-state index contributed by atoms with van der Waals surface area (Å²) < 4.78 is 19.2. The first-order chi connectivity index (χ1) is 14.6. The molecule has 2 unspecified atom stereocenters. The lowest BCUT2D eigenvalue weighted by Gasteiger charge is -2.30. The number of likely N-dealkylation sites (tertiary alicyclic amines) is 2. The van der Waals surface area contributed by atoms with Gasteiger partial charge in [-0.25, -0.2) is 4.39 Å². The number of benzene rings is 2. The summed E-state index contributed by atoms with van der Waals surface area (Å²) >= 11 is 0. The van der Waals surface area contributed by atoms with Gasteiger partial charge in [-0.1, -0.05) is 42.5 Å². The minimum atomic E-state index is -0.301. The molecule has 2 aliphatic heterocycles. The Bertz CT molecular complexity index is 889. The molecule has 2 aliphatic rings. The Morgan fingerprint density at radius 1 is 1.07 bits per heavy atom. The van der Waals surface area contributed by atoms with Crippen LogP contribution < -0.4 is 0 Å². The molecule has 158 valence electrons. The van der Waals surface area contributed by atoms with Crippen molar-refractivity contribution in [2.75, 3.05) is 19.7 Å². The first-order valence-corrected chi connectivity index (χ1v) is 10.5. The van der Waals surface area contributed by atoms with E-state index in [1.54, 1.807) is 6.07 Å². The minimum Gasteiger partial charge on any atom is -0.367 e. The van der Waals surface area contributed by atoms with E-state index in [1.807, 2.05) is 46.2 Å². The first-order valence-electron chi connectivity index (χ1n) is 10.5. The summed E-state index contributed by atoms with van der Waals surface area (Å²) in [4.78, 5) is 29.1. The van der Waals surface area contributed by atoms with Crippen molar-refractivity contribution in [1.29, 1.82) is 0 Å². The fraction of sp³-hybridized carbons (Fsp3) is 0.417. The molecule has 0 spiro atoms. The molecule has 0 radical (unpaired) electrons. The number of amides is 2. The van der Waals surface area contributed by atoms with Crippen molar-refractivity contribution >= 4 is 11.8 Å². The van der Waals surface area contributed by atoms with Crippen LogP contribution in [0.25, 0.3) is 0 Å². The van der Waals surface area contributed by atoms with E-state index in [0.717, 1.165) is 24.0 Å². The summed E-state index contributed by atoms with van der Waals surface area (Å²) in [5.41, 5.74) is 1.81. The number of rotatable bonds is 6. The fourth-order valence-corrected chi connectivity index (χ4v) is 4.50. The second-order valence-corrected chi connectivity index (χ2v) is 8.15. The molecule has 2 fully saturated rings. The number of ether oxygens (including phenoxy) is 1. The lowest BCUT2D eigenvalue weighted by atomic mass is 9.98. The van der Waals surface area contributed by atoms with Crippen molar-refractivity contribution in [2.45, 2.75) is 38.5 Å². The van der Waals surface area contributed by atoms with E-state index >= 15 is 0 Å². The highest BCUT2D eigenvalue weighted by atomic mass is 19.1. The number of hydrogen-bond acceptors (Lipinski definition) is 3. The van der Waals surface area contributed by atoms with Crippen molar-refractivity contribution in [3.63, 3.8) is 0 Å². The minimum absolute atomic E-state index is 0.0265. The van der Waals surface area contributed by atoms with Crippen molar-refractivity contribution in [3.05, 3.63) is 71.5 Å². The van der Waals surface area contributed by atoms with Crippen LogP contribution in [0, 0.1) is 11.7 Å². The molecule has 2 saturated heterocycles. The molecule has 2 heterocycles. The van der Waals surface area contributed by atoms with Crippen LogP contribution >= 0.6 is 0 Å². The maximum absolute atomic E-state index is 13.6. The molecule has 0 aliphatic carbocycles. The van der Waals surface area contributed by atoms with Crippen molar-refractivity contribution in [1.82, 2.24) is 9.80 Å². The molecule has 30 heavy (non-hydrogen) atoms. The maximum Gasteiger partial charge on any atom is 0.248 e. The summed E-state index contributed by atoms with van der Waals surface area (Å²) in [6.45, 7) is 1.97. The largest absolute Gasteiger partial charge is 0.367 e. The van der Waals surface area contributed by atoms with Crippen molar-refractivity contribution in [2.24, 2.45) is 5.92 Å². The molecule has 2 amide bonds. The van der Waals surface area contributed by atoms with Crippen LogP contribution in [0.3, 0.4) is 0 Å². The number of nitrogens with zero attached hydrogens (tertiary/aromatic N) is 2. The number of fused-ring (bicyclic) bond motifs is 1. The lowest BCUT2D eigenvalue weighted by Crippen LogP contribution is -2.43. The van der Waals surface area contributed by atoms with Crippen LogP contribution in [0.5, 0.6) is 0 Å². The number of hydrogen-bond donors (Lipinski definition) is 0. The SMILES string of the molecule is O=C(COCc1ccccc1)N1CC2CCCC(=O)N(Cc3cccc(F)c3)C2C1. The summed E-state index contributed by atoms with van der Waals surface area (Å²) in [6, 6.07) is 16.1. The summed E-state index contributed by atoms with van der Waals surface area (Å²) in [7, 11) is 0. The molecule has 0 saturated carbocycles. The van der Waals surface area contributed by atoms with Crippen molar-refractivity contribution < 1.29 is 18.7 Å². The fourth-order valence-electron chi connectivity index (χ4n) is 4.50. The third kappa shape index (κ3) is 4.87. The van der Waals surface area contributed by atoms with Gasteiger partial charge in [0.1, 0.15) is 12.4 Å². The highest BCUT2D eigenvalue weighted by molar-refractivity contribution is 5.79. The quantitative estimate of drug-likeness (QED) is 0.734. The Morgan fingerprint density at radius 2 is 1.87 bits per heavy atom. The third-order valence-electron chi connectivity index (χ3n) is 6.02. The topological polar surface area (TPSA) is 49.9 Å². The summed E-state index contributed by atoms with van der Waals surface area (Å²) in [5, 5.41) is 0. The zero-order valence-corrected chi connectivity index (χ0v) is 17.0. The van der Waals surface area contributed by atoms with E-state index < -0.39 is 0 Å². The Kier molecular flexibility index (Phi) is 6.43. The molecule has 5 nitrogen and oxygen atoms in total. The van der Waals surface area contributed by atoms with Gasteiger partial charge in [-0.3, -0.25) is 9.59 Å². The van der Waals surface area contributed by atoms with Crippen LogP contribution in [0.15, 0.2) is 54.6 Å². The summed E-state index contributed by atoms with van der Waals surface area (Å²) in [5.74, 6) is -0.00765. The standard InChI is InChI=1S/C24H27FN2O3/c25-21-10-4-8-19(12-21)13-27-22-15-26(14-20(22)9-5-11-23(27)28)24(29)17-30-16-18-6-2-1-3-7-18/h1-4,6-8,10,12,20,22H,5,9,11,13-17H2. The summed E-state index contributed by atoms with van der Waals surface area (Å²) in [6.07, 6.45) is 2.26. The van der Waals surface area contributed by atoms with Crippen LogP contribution in [0.1, 0.15) is 30.4 Å².